The van der Waals surface area contributed by atoms with Gasteiger partial charge in [0.15, 0.2) is 0 Å². The zero-order valence-corrected chi connectivity index (χ0v) is 12.8. The van der Waals surface area contributed by atoms with Crippen molar-refractivity contribution < 1.29 is 0 Å². The molecule has 0 radical (unpaired) electrons. The summed E-state index contributed by atoms with van der Waals surface area (Å²) in [6.45, 7) is 6.71. The van der Waals surface area contributed by atoms with E-state index >= 15 is 0 Å². The summed E-state index contributed by atoms with van der Waals surface area (Å²) >= 11 is 6.66. The van der Waals surface area contributed by atoms with Crippen molar-refractivity contribution >= 4 is 11.6 Å². The van der Waals surface area contributed by atoms with Crippen LogP contribution in [0.3, 0.4) is 0 Å². The van der Waals surface area contributed by atoms with E-state index in [0.29, 0.717) is 5.92 Å². The van der Waals surface area contributed by atoms with Gasteiger partial charge in [-0.15, -0.1) is 11.6 Å². The van der Waals surface area contributed by atoms with Gasteiger partial charge in [-0.05, 0) is 36.3 Å². The van der Waals surface area contributed by atoms with Crippen LogP contribution in [0.25, 0.3) is 0 Å². The minimum absolute atomic E-state index is 0.181. The molecular weight excluding hydrogens is 240 g/mol. The molecule has 0 nitrogen and oxygen atoms in total. The van der Waals surface area contributed by atoms with Crippen LogP contribution in [0.4, 0.5) is 0 Å². The van der Waals surface area contributed by atoms with Crippen molar-refractivity contribution in [1.82, 2.24) is 0 Å². The molecule has 1 unspecified atom stereocenters. The van der Waals surface area contributed by atoms with E-state index < -0.39 is 0 Å². The molecule has 0 aliphatic carbocycles. The van der Waals surface area contributed by atoms with Crippen molar-refractivity contribution in [3.63, 3.8) is 0 Å². The number of hydrogen-bond acceptors (Lipinski definition) is 0. The molecule has 1 heteroatoms. The van der Waals surface area contributed by atoms with Crippen molar-refractivity contribution in [2.75, 3.05) is 0 Å². The lowest BCUT2D eigenvalue weighted by molar-refractivity contribution is 0.426. The zero-order chi connectivity index (χ0) is 13.4. The summed E-state index contributed by atoms with van der Waals surface area (Å²) in [4.78, 5) is 0. The fraction of sp³-hybridized carbons (Fsp3) is 0.647. The van der Waals surface area contributed by atoms with E-state index in [1.54, 1.807) is 0 Å². The molecule has 0 bridgehead atoms. The first-order valence-corrected chi connectivity index (χ1v) is 7.89. The van der Waals surface area contributed by atoms with Crippen LogP contribution in [0.1, 0.15) is 69.4 Å². The first-order valence-electron chi connectivity index (χ1n) is 7.45. The summed E-state index contributed by atoms with van der Waals surface area (Å²) in [5, 5.41) is 0.181. The fourth-order valence-electron chi connectivity index (χ4n) is 2.61. The van der Waals surface area contributed by atoms with Crippen molar-refractivity contribution in [1.29, 1.82) is 0 Å². The Labute approximate surface area is 118 Å². The summed E-state index contributed by atoms with van der Waals surface area (Å²) in [7, 11) is 0. The van der Waals surface area contributed by atoms with Gasteiger partial charge in [-0.1, -0.05) is 64.3 Å². The number of halogens is 1. The number of benzene rings is 1. The molecule has 1 atom stereocenters. The molecule has 0 saturated carbocycles. The molecule has 0 fully saturated rings. The van der Waals surface area contributed by atoms with Crippen molar-refractivity contribution in [3.8, 4) is 0 Å². The SMILES string of the molecule is CCCc1ccc(C(Cl)C(CCC)CCC)cc1. The van der Waals surface area contributed by atoms with Crippen LogP contribution < -0.4 is 0 Å². The summed E-state index contributed by atoms with van der Waals surface area (Å²) in [5.74, 6) is 0.624. The Kier molecular flexibility index (Phi) is 7.42. The molecule has 1 aromatic carbocycles. The first kappa shape index (κ1) is 15.6. The highest BCUT2D eigenvalue weighted by molar-refractivity contribution is 6.21. The van der Waals surface area contributed by atoms with Gasteiger partial charge in [0.05, 0.1) is 5.38 Å². The number of aryl methyl sites for hydroxylation is 1. The van der Waals surface area contributed by atoms with Gasteiger partial charge in [-0.3, -0.25) is 0 Å². The Morgan fingerprint density at radius 2 is 1.44 bits per heavy atom. The molecule has 1 aromatic rings. The van der Waals surface area contributed by atoms with Crippen LogP contribution in [0.2, 0.25) is 0 Å². The zero-order valence-electron chi connectivity index (χ0n) is 12.1. The molecule has 1 rings (SSSR count). The second-order valence-corrected chi connectivity index (χ2v) is 5.70. The van der Waals surface area contributed by atoms with Crippen LogP contribution in [-0.2, 0) is 6.42 Å². The van der Waals surface area contributed by atoms with Crippen LogP contribution in [-0.4, -0.2) is 0 Å². The van der Waals surface area contributed by atoms with Gasteiger partial charge in [-0.25, -0.2) is 0 Å². The van der Waals surface area contributed by atoms with Crippen molar-refractivity contribution in [2.45, 2.75) is 64.7 Å². The van der Waals surface area contributed by atoms with Crippen molar-refractivity contribution in [2.24, 2.45) is 5.92 Å². The lowest BCUT2D eigenvalue weighted by Gasteiger charge is -2.22. The minimum atomic E-state index is 0.181. The highest BCUT2D eigenvalue weighted by atomic mass is 35.5. The van der Waals surface area contributed by atoms with E-state index in [9.17, 15) is 0 Å². The van der Waals surface area contributed by atoms with Crippen LogP contribution in [0.15, 0.2) is 24.3 Å². The average Bonchev–Trinajstić information content (AvgIpc) is 2.39. The van der Waals surface area contributed by atoms with Gasteiger partial charge in [0.1, 0.15) is 0 Å². The lowest BCUT2D eigenvalue weighted by atomic mass is 9.90. The van der Waals surface area contributed by atoms with Crippen molar-refractivity contribution in [3.05, 3.63) is 35.4 Å². The van der Waals surface area contributed by atoms with Crippen LogP contribution >= 0.6 is 11.6 Å². The maximum atomic E-state index is 6.66. The number of hydrogen-bond donors (Lipinski definition) is 0. The molecule has 0 aromatic heterocycles. The highest BCUT2D eigenvalue weighted by Gasteiger charge is 2.19. The standard InChI is InChI=1S/C17H27Cl/c1-4-7-14-10-12-16(13-11-14)17(18)15(8-5-2)9-6-3/h10-13,15,17H,4-9H2,1-3H3. The first-order chi connectivity index (χ1) is 8.72. The molecule has 0 spiro atoms. The third kappa shape index (κ3) is 4.65. The molecule has 0 amide bonds. The Hall–Kier alpha value is -0.490. The number of alkyl halides is 1. The second kappa shape index (κ2) is 8.58. The molecule has 0 heterocycles. The monoisotopic (exact) mass is 266 g/mol. The van der Waals surface area contributed by atoms with Gasteiger partial charge >= 0.3 is 0 Å². The van der Waals surface area contributed by atoms with Crippen LogP contribution in [0.5, 0.6) is 0 Å². The maximum absolute atomic E-state index is 6.66. The quantitative estimate of drug-likeness (QED) is 0.496. The van der Waals surface area contributed by atoms with E-state index in [1.807, 2.05) is 0 Å². The van der Waals surface area contributed by atoms with E-state index in [-0.39, 0.29) is 5.38 Å². The van der Waals surface area contributed by atoms with Gasteiger partial charge in [0, 0.05) is 0 Å². The second-order valence-electron chi connectivity index (χ2n) is 5.23. The fourth-order valence-corrected chi connectivity index (χ4v) is 3.01. The smallest absolute Gasteiger partial charge is 0.0613 e. The van der Waals surface area contributed by atoms with Crippen LogP contribution in [0, 0.1) is 5.92 Å². The normalized spacial score (nSPS) is 12.9. The van der Waals surface area contributed by atoms with E-state index in [1.165, 1.54) is 49.7 Å². The van der Waals surface area contributed by atoms with E-state index in [2.05, 4.69) is 45.0 Å². The predicted molar refractivity (Wildman–Crippen MR) is 82.3 cm³/mol. The average molecular weight is 267 g/mol. The predicted octanol–water partition coefficient (Wildman–Crippen LogP) is 6.14. The van der Waals surface area contributed by atoms with E-state index in [4.69, 9.17) is 11.6 Å². The molecule has 0 saturated heterocycles. The summed E-state index contributed by atoms with van der Waals surface area (Å²) < 4.78 is 0. The number of rotatable bonds is 8. The third-order valence-corrected chi connectivity index (χ3v) is 4.18. The Morgan fingerprint density at radius 1 is 0.889 bits per heavy atom. The molecule has 0 N–H and O–H groups in total. The van der Waals surface area contributed by atoms with Gasteiger partial charge in [-0.2, -0.15) is 0 Å². The molecular formula is C17H27Cl. The lowest BCUT2D eigenvalue weighted by Crippen LogP contribution is -2.08. The maximum Gasteiger partial charge on any atom is 0.0613 e. The summed E-state index contributed by atoms with van der Waals surface area (Å²) in [6, 6.07) is 8.92. The largest absolute Gasteiger partial charge is 0.118 e. The topological polar surface area (TPSA) is 0 Å². The minimum Gasteiger partial charge on any atom is -0.118 e. The Morgan fingerprint density at radius 3 is 1.89 bits per heavy atom. The Balaban J connectivity index is 2.70. The highest BCUT2D eigenvalue weighted by Crippen LogP contribution is 2.35. The van der Waals surface area contributed by atoms with Gasteiger partial charge in [0.25, 0.3) is 0 Å². The summed E-state index contributed by atoms with van der Waals surface area (Å²) in [6.07, 6.45) is 7.29. The van der Waals surface area contributed by atoms with Gasteiger partial charge < -0.3 is 0 Å². The third-order valence-electron chi connectivity index (χ3n) is 3.57. The molecule has 18 heavy (non-hydrogen) atoms. The molecule has 102 valence electrons. The molecule has 0 aliphatic heterocycles. The summed E-state index contributed by atoms with van der Waals surface area (Å²) in [5.41, 5.74) is 2.72. The molecule has 0 aliphatic rings. The van der Waals surface area contributed by atoms with E-state index in [0.717, 1.165) is 0 Å². The van der Waals surface area contributed by atoms with Gasteiger partial charge in [0.2, 0.25) is 0 Å². The Bertz CT molecular complexity index is 309.